The molecule has 2 aliphatic rings. The molecular formula is C28H30N4O3S. The number of hydrogen-bond donors (Lipinski definition) is 0. The van der Waals surface area contributed by atoms with Gasteiger partial charge in [-0.3, -0.25) is 0 Å². The largest absolute Gasteiger partial charge is 0.444 e. The van der Waals surface area contributed by atoms with Crippen LogP contribution in [0, 0.1) is 0 Å². The van der Waals surface area contributed by atoms with Crippen molar-refractivity contribution in [2.75, 3.05) is 6.54 Å². The van der Waals surface area contributed by atoms with Crippen molar-refractivity contribution in [3.8, 4) is 11.5 Å². The fourth-order valence-electron chi connectivity index (χ4n) is 5.15. The first-order chi connectivity index (χ1) is 17.3. The van der Waals surface area contributed by atoms with Gasteiger partial charge >= 0.3 is 6.09 Å². The molecule has 1 amide bonds. The van der Waals surface area contributed by atoms with Crippen molar-refractivity contribution in [3.63, 3.8) is 0 Å². The third-order valence-electron chi connectivity index (χ3n) is 7.27. The quantitative estimate of drug-likeness (QED) is 0.297. The Morgan fingerprint density at radius 2 is 2.00 bits per heavy atom. The predicted molar refractivity (Wildman–Crippen MR) is 139 cm³/mol. The summed E-state index contributed by atoms with van der Waals surface area (Å²) in [4.78, 5) is 24.6. The molecule has 2 atom stereocenters. The summed E-state index contributed by atoms with van der Waals surface area (Å²) in [6.07, 6.45) is 3.57. The van der Waals surface area contributed by atoms with E-state index in [-0.39, 0.29) is 17.6 Å². The minimum absolute atomic E-state index is 0.109. The molecule has 4 aromatic rings. The molecule has 2 aromatic carbocycles. The van der Waals surface area contributed by atoms with E-state index in [0.29, 0.717) is 24.2 Å². The molecule has 0 radical (unpaired) electrons. The maximum Gasteiger partial charge on any atom is 0.410 e. The molecule has 7 nitrogen and oxygen atoms in total. The van der Waals surface area contributed by atoms with Crippen LogP contribution in [-0.4, -0.2) is 44.3 Å². The van der Waals surface area contributed by atoms with E-state index in [1.54, 1.807) is 11.3 Å². The van der Waals surface area contributed by atoms with Crippen LogP contribution < -0.4 is 0 Å². The van der Waals surface area contributed by atoms with E-state index in [4.69, 9.17) is 14.2 Å². The van der Waals surface area contributed by atoms with E-state index in [1.807, 2.05) is 55.4 Å². The van der Waals surface area contributed by atoms with Gasteiger partial charge in [0.2, 0.25) is 0 Å². The molecular weight excluding hydrogens is 472 g/mol. The van der Waals surface area contributed by atoms with Gasteiger partial charge in [-0.15, -0.1) is 11.3 Å². The zero-order chi connectivity index (χ0) is 24.9. The Morgan fingerprint density at radius 3 is 2.72 bits per heavy atom. The van der Waals surface area contributed by atoms with Crippen molar-refractivity contribution >= 4 is 27.6 Å². The predicted octanol–water partition coefficient (Wildman–Crippen LogP) is 6.56. The number of carbonyl (C=O) groups is 1. The highest BCUT2D eigenvalue weighted by Gasteiger charge is 2.52. The number of benzene rings is 2. The van der Waals surface area contributed by atoms with Crippen molar-refractivity contribution in [2.24, 2.45) is 0 Å². The van der Waals surface area contributed by atoms with Gasteiger partial charge in [0.1, 0.15) is 5.60 Å². The smallest absolute Gasteiger partial charge is 0.410 e. The van der Waals surface area contributed by atoms with E-state index < -0.39 is 5.60 Å². The topological polar surface area (TPSA) is 81.4 Å². The second-order valence-electron chi connectivity index (χ2n) is 11.0. The SMILES string of the molecule is CC(C)(C)OC(=O)N(CC1(c2noc(-c3ccc4scnc4c3)n2)CCC1)[C@H]1CC1c1ccccc1. The lowest BCUT2D eigenvalue weighted by atomic mass is 9.67. The molecule has 2 fully saturated rings. The molecule has 2 heterocycles. The van der Waals surface area contributed by atoms with Crippen molar-refractivity contribution < 1.29 is 14.1 Å². The number of ether oxygens (including phenoxy) is 1. The average molecular weight is 503 g/mol. The van der Waals surface area contributed by atoms with Crippen LogP contribution in [0.5, 0.6) is 0 Å². The molecule has 0 N–H and O–H groups in total. The van der Waals surface area contributed by atoms with Crippen LogP contribution in [0.1, 0.15) is 63.8 Å². The minimum atomic E-state index is -0.563. The Labute approximate surface area is 214 Å². The highest BCUT2D eigenvalue weighted by Crippen LogP contribution is 2.49. The fourth-order valence-corrected chi connectivity index (χ4v) is 5.81. The van der Waals surface area contributed by atoms with E-state index in [2.05, 4.69) is 34.4 Å². The number of fused-ring (bicyclic) bond motifs is 1. The lowest BCUT2D eigenvalue weighted by Crippen LogP contribution is -2.50. The molecule has 2 saturated carbocycles. The van der Waals surface area contributed by atoms with Crippen LogP contribution in [0.4, 0.5) is 4.79 Å². The lowest BCUT2D eigenvalue weighted by molar-refractivity contribution is 0.0123. The number of hydrogen-bond acceptors (Lipinski definition) is 7. The third-order valence-corrected chi connectivity index (χ3v) is 8.08. The van der Waals surface area contributed by atoms with Crippen molar-refractivity contribution in [2.45, 2.75) is 69.4 Å². The van der Waals surface area contributed by atoms with E-state index in [9.17, 15) is 4.79 Å². The van der Waals surface area contributed by atoms with Gasteiger partial charge in [-0.1, -0.05) is 41.9 Å². The fraction of sp³-hybridized carbons (Fsp3) is 0.429. The van der Waals surface area contributed by atoms with Crippen LogP contribution in [0.25, 0.3) is 21.7 Å². The van der Waals surface area contributed by atoms with E-state index >= 15 is 0 Å². The van der Waals surface area contributed by atoms with Crippen LogP contribution >= 0.6 is 11.3 Å². The van der Waals surface area contributed by atoms with Crippen molar-refractivity contribution in [3.05, 3.63) is 65.4 Å². The van der Waals surface area contributed by atoms with Gasteiger partial charge in [0.05, 0.1) is 21.1 Å². The Bertz CT molecular complexity index is 1390. The number of nitrogens with zero attached hydrogens (tertiary/aromatic N) is 4. The molecule has 186 valence electrons. The molecule has 2 aromatic heterocycles. The van der Waals surface area contributed by atoms with Gasteiger partial charge in [-0.25, -0.2) is 9.78 Å². The van der Waals surface area contributed by atoms with Gasteiger partial charge < -0.3 is 14.2 Å². The third kappa shape index (κ3) is 4.39. The second-order valence-corrected chi connectivity index (χ2v) is 11.9. The minimum Gasteiger partial charge on any atom is -0.444 e. The molecule has 36 heavy (non-hydrogen) atoms. The summed E-state index contributed by atoms with van der Waals surface area (Å²) < 4.78 is 12.7. The van der Waals surface area contributed by atoms with Crippen LogP contribution in [-0.2, 0) is 10.2 Å². The average Bonchev–Trinajstić information content (AvgIpc) is 3.22. The summed E-state index contributed by atoms with van der Waals surface area (Å²) in [6.45, 7) is 6.26. The monoisotopic (exact) mass is 502 g/mol. The molecule has 6 rings (SSSR count). The first-order valence-electron chi connectivity index (χ1n) is 12.5. The second kappa shape index (κ2) is 8.69. The van der Waals surface area contributed by atoms with Crippen molar-refractivity contribution in [1.82, 2.24) is 20.0 Å². The van der Waals surface area contributed by atoms with Gasteiger partial charge in [-0.2, -0.15) is 4.98 Å². The summed E-state index contributed by atoms with van der Waals surface area (Å²) in [7, 11) is 0. The van der Waals surface area contributed by atoms with E-state index in [0.717, 1.165) is 41.5 Å². The van der Waals surface area contributed by atoms with Crippen LogP contribution in [0.15, 0.2) is 58.6 Å². The number of thiazole rings is 1. The summed E-state index contributed by atoms with van der Waals surface area (Å²) in [5.74, 6) is 1.48. The number of carbonyl (C=O) groups excluding carboxylic acids is 1. The normalized spacial score (nSPS) is 20.6. The van der Waals surface area contributed by atoms with Gasteiger partial charge in [0.25, 0.3) is 5.89 Å². The molecule has 0 spiro atoms. The van der Waals surface area contributed by atoms with Crippen LogP contribution in [0.3, 0.4) is 0 Å². The first kappa shape index (κ1) is 23.2. The molecule has 0 saturated heterocycles. The van der Waals surface area contributed by atoms with Gasteiger partial charge in [0.15, 0.2) is 5.82 Å². The van der Waals surface area contributed by atoms with E-state index in [1.165, 1.54) is 5.56 Å². The number of aromatic nitrogens is 3. The molecule has 0 bridgehead atoms. The summed E-state index contributed by atoms with van der Waals surface area (Å²) in [5.41, 5.74) is 3.99. The maximum absolute atomic E-state index is 13.4. The summed E-state index contributed by atoms with van der Waals surface area (Å²) in [6, 6.07) is 16.5. The Balaban J connectivity index is 1.27. The molecule has 0 aliphatic heterocycles. The van der Waals surface area contributed by atoms with Gasteiger partial charge in [0, 0.05) is 24.1 Å². The summed E-state index contributed by atoms with van der Waals surface area (Å²) >= 11 is 1.61. The Morgan fingerprint density at radius 1 is 1.19 bits per heavy atom. The Hall–Kier alpha value is -3.26. The molecule has 2 aliphatic carbocycles. The highest BCUT2D eigenvalue weighted by atomic mass is 32.1. The lowest BCUT2D eigenvalue weighted by Gasteiger charge is -2.43. The molecule has 1 unspecified atom stereocenters. The molecule has 8 heteroatoms. The van der Waals surface area contributed by atoms with Gasteiger partial charge in [-0.05, 0) is 63.8 Å². The van der Waals surface area contributed by atoms with Crippen LogP contribution in [0.2, 0.25) is 0 Å². The van der Waals surface area contributed by atoms with Crippen molar-refractivity contribution in [1.29, 1.82) is 0 Å². The highest BCUT2D eigenvalue weighted by molar-refractivity contribution is 7.16. The number of rotatable bonds is 6. The maximum atomic E-state index is 13.4. The Kier molecular flexibility index (Phi) is 5.59. The standard InChI is InChI=1S/C28H30N4O3S/c1-27(2,3)34-26(33)32(22-15-20(22)18-8-5-4-6-9-18)16-28(12-7-13-28)25-30-24(35-31-25)19-10-11-23-21(14-19)29-17-36-23/h4-6,8-11,14,17,20,22H,7,12-13,15-16H2,1-3H3/t20?,22-/m0/s1. The zero-order valence-electron chi connectivity index (χ0n) is 20.8. The first-order valence-corrected chi connectivity index (χ1v) is 13.4. The summed E-state index contributed by atoms with van der Waals surface area (Å²) in [5, 5.41) is 4.42. The zero-order valence-corrected chi connectivity index (χ0v) is 21.6. The number of amides is 1.